The maximum absolute atomic E-state index is 12.6. The van der Waals surface area contributed by atoms with Gasteiger partial charge in [0.1, 0.15) is 6.61 Å². The molecule has 55 heavy (non-hydrogen) atoms. The fourth-order valence-corrected chi connectivity index (χ4v) is 6.18. The summed E-state index contributed by atoms with van der Waals surface area (Å²) in [5.74, 6) is -0.877. The molecule has 0 aromatic rings. The van der Waals surface area contributed by atoms with Gasteiger partial charge in [0, 0.05) is 19.4 Å². The van der Waals surface area contributed by atoms with Crippen molar-refractivity contribution in [3.8, 4) is 0 Å². The van der Waals surface area contributed by atoms with Crippen molar-refractivity contribution in [2.75, 3.05) is 26.4 Å². The van der Waals surface area contributed by atoms with E-state index >= 15 is 0 Å². The molecule has 0 saturated carbocycles. The van der Waals surface area contributed by atoms with E-state index in [1.165, 1.54) is 51.4 Å². The van der Waals surface area contributed by atoms with E-state index < -0.39 is 32.5 Å². The van der Waals surface area contributed by atoms with Gasteiger partial charge in [0.15, 0.2) is 6.10 Å². The van der Waals surface area contributed by atoms with E-state index in [9.17, 15) is 19.0 Å². The van der Waals surface area contributed by atoms with Crippen molar-refractivity contribution in [2.45, 2.75) is 174 Å². The number of phosphoric acid groups is 1. The molecule has 1 unspecified atom stereocenters. The first-order valence-corrected chi connectivity index (χ1v) is 22.9. The van der Waals surface area contributed by atoms with Crippen molar-refractivity contribution < 1.29 is 37.6 Å². The van der Waals surface area contributed by atoms with Crippen molar-refractivity contribution in [2.24, 2.45) is 5.73 Å². The van der Waals surface area contributed by atoms with Crippen LogP contribution in [0.3, 0.4) is 0 Å². The van der Waals surface area contributed by atoms with Crippen LogP contribution < -0.4 is 5.73 Å². The highest BCUT2D eigenvalue weighted by Crippen LogP contribution is 2.43. The molecule has 0 amide bonds. The molecule has 2 atom stereocenters. The molecule has 0 fully saturated rings. The quantitative estimate of drug-likeness (QED) is 0.0270. The lowest BCUT2D eigenvalue weighted by Gasteiger charge is -2.19. The highest BCUT2D eigenvalue weighted by atomic mass is 31.2. The van der Waals surface area contributed by atoms with Gasteiger partial charge in [0.2, 0.25) is 0 Å². The Bertz CT molecular complexity index is 1130. The van der Waals surface area contributed by atoms with Crippen molar-refractivity contribution in [3.05, 3.63) is 72.9 Å². The Morgan fingerprint density at radius 2 is 1.00 bits per heavy atom. The highest BCUT2D eigenvalue weighted by molar-refractivity contribution is 7.47. The monoisotopic (exact) mass is 792 g/mol. The molecule has 0 aliphatic carbocycles. The van der Waals surface area contributed by atoms with Crippen molar-refractivity contribution in [1.29, 1.82) is 0 Å². The first kappa shape index (κ1) is 52.5. The standard InChI is InChI=1S/C45H78NO8P/c1-3-5-7-9-11-13-15-17-19-20-21-22-24-26-28-30-32-34-36-38-45(48)54-43(42-53-55(49,50)52-40-39-46)41-51-44(47)37-35-33-31-29-27-25-23-18-16-14-12-10-8-6-4-2/h5,7,11,13-14,16-17,19,21-22,26,28,43H,3-4,6,8-10,12,15,18,20,23-25,27,29-42,46H2,1-2H3,(H,49,50)/t43-/m1/s1. The third-order valence-electron chi connectivity index (χ3n) is 8.58. The number of unbranched alkanes of at least 4 members (excludes halogenated alkanes) is 14. The molecule has 0 radical (unpaired) electrons. The fourth-order valence-electron chi connectivity index (χ4n) is 5.42. The third kappa shape index (κ3) is 40.9. The highest BCUT2D eigenvalue weighted by Gasteiger charge is 2.25. The van der Waals surface area contributed by atoms with Crippen LogP contribution >= 0.6 is 7.82 Å². The predicted octanol–water partition coefficient (Wildman–Crippen LogP) is 12.3. The summed E-state index contributed by atoms with van der Waals surface area (Å²) in [5.41, 5.74) is 5.34. The van der Waals surface area contributed by atoms with E-state index in [0.29, 0.717) is 6.42 Å². The number of hydrogen-bond donors (Lipinski definition) is 2. The molecule has 0 aromatic carbocycles. The molecule has 0 bridgehead atoms. The Morgan fingerprint density at radius 3 is 1.53 bits per heavy atom. The minimum Gasteiger partial charge on any atom is -0.462 e. The third-order valence-corrected chi connectivity index (χ3v) is 9.56. The molecule has 10 heteroatoms. The van der Waals surface area contributed by atoms with E-state index in [0.717, 1.165) is 83.5 Å². The minimum absolute atomic E-state index is 0.0436. The fraction of sp³-hybridized carbons (Fsp3) is 0.689. The Morgan fingerprint density at radius 1 is 0.564 bits per heavy atom. The molecule has 0 aliphatic heterocycles. The summed E-state index contributed by atoms with van der Waals surface area (Å²) >= 11 is 0. The van der Waals surface area contributed by atoms with Gasteiger partial charge < -0.3 is 20.1 Å². The minimum atomic E-state index is -4.39. The van der Waals surface area contributed by atoms with Gasteiger partial charge in [-0.05, 0) is 83.5 Å². The zero-order chi connectivity index (χ0) is 40.3. The number of phosphoric ester groups is 1. The second-order valence-corrected chi connectivity index (χ2v) is 15.3. The van der Waals surface area contributed by atoms with Gasteiger partial charge in [-0.25, -0.2) is 4.57 Å². The van der Waals surface area contributed by atoms with Crippen molar-refractivity contribution >= 4 is 19.8 Å². The Labute approximate surface area is 335 Å². The lowest BCUT2D eigenvalue weighted by molar-refractivity contribution is -0.161. The van der Waals surface area contributed by atoms with Crippen LogP contribution in [0.5, 0.6) is 0 Å². The van der Waals surface area contributed by atoms with Crippen LogP contribution in [0.2, 0.25) is 0 Å². The van der Waals surface area contributed by atoms with Crippen molar-refractivity contribution in [1.82, 2.24) is 0 Å². The first-order chi connectivity index (χ1) is 26.8. The first-order valence-electron chi connectivity index (χ1n) is 21.4. The second kappa shape index (κ2) is 41.1. The van der Waals surface area contributed by atoms with Gasteiger partial charge in [-0.1, -0.05) is 145 Å². The lowest BCUT2D eigenvalue weighted by Crippen LogP contribution is -2.29. The molecule has 0 spiro atoms. The van der Waals surface area contributed by atoms with Crippen LogP contribution in [-0.2, 0) is 32.7 Å². The average molecular weight is 792 g/mol. The van der Waals surface area contributed by atoms with E-state index in [-0.39, 0.29) is 32.6 Å². The topological polar surface area (TPSA) is 134 Å². The normalized spacial score (nSPS) is 14.0. The van der Waals surface area contributed by atoms with Gasteiger partial charge in [-0.2, -0.15) is 0 Å². The summed E-state index contributed by atoms with van der Waals surface area (Å²) in [6.45, 7) is 3.55. The Kier molecular flexibility index (Phi) is 39.2. The molecule has 0 saturated heterocycles. The predicted molar refractivity (Wildman–Crippen MR) is 229 cm³/mol. The van der Waals surface area contributed by atoms with Gasteiger partial charge >= 0.3 is 19.8 Å². The summed E-state index contributed by atoms with van der Waals surface area (Å²) < 4.78 is 32.7. The molecule has 0 heterocycles. The number of hydrogen-bond acceptors (Lipinski definition) is 8. The smallest absolute Gasteiger partial charge is 0.462 e. The number of rotatable bonds is 39. The Hall–Kier alpha value is -2.55. The molecular weight excluding hydrogens is 713 g/mol. The lowest BCUT2D eigenvalue weighted by atomic mass is 10.1. The van der Waals surface area contributed by atoms with Crippen LogP contribution in [0.1, 0.15) is 168 Å². The van der Waals surface area contributed by atoms with Crippen LogP contribution in [0.15, 0.2) is 72.9 Å². The largest absolute Gasteiger partial charge is 0.472 e. The van der Waals surface area contributed by atoms with Gasteiger partial charge in [-0.3, -0.25) is 18.6 Å². The molecule has 0 rings (SSSR count). The number of nitrogens with two attached hydrogens (primary N) is 1. The second-order valence-electron chi connectivity index (χ2n) is 13.8. The summed E-state index contributed by atoms with van der Waals surface area (Å²) in [6.07, 6.45) is 49.3. The summed E-state index contributed by atoms with van der Waals surface area (Å²) in [7, 11) is -4.39. The van der Waals surface area contributed by atoms with E-state index in [4.69, 9.17) is 24.3 Å². The maximum atomic E-state index is 12.6. The molecular formula is C45H78NO8P. The van der Waals surface area contributed by atoms with E-state index in [1.807, 2.05) is 0 Å². The molecule has 9 nitrogen and oxygen atoms in total. The van der Waals surface area contributed by atoms with Crippen LogP contribution in [0, 0.1) is 0 Å². The number of allylic oxidation sites excluding steroid dienone is 12. The molecule has 0 aromatic heterocycles. The number of ether oxygens (including phenoxy) is 2. The average Bonchev–Trinajstić information content (AvgIpc) is 3.17. The summed E-state index contributed by atoms with van der Waals surface area (Å²) in [5, 5.41) is 0. The van der Waals surface area contributed by atoms with E-state index in [1.54, 1.807) is 0 Å². The van der Waals surface area contributed by atoms with Crippen molar-refractivity contribution in [3.63, 3.8) is 0 Å². The molecule has 316 valence electrons. The van der Waals surface area contributed by atoms with E-state index in [2.05, 4.69) is 86.8 Å². The zero-order valence-corrected chi connectivity index (χ0v) is 35.5. The van der Waals surface area contributed by atoms with Crippen LogP contribution in [-0.4, -0.2) is 49.3 Å². The molecule has 3 N–H and O–H groups in total. The summed E-state index contributed by atoms with van der Waals surface area (Å²) in [4.78, 5) is 34.9. The van der Waals surface area contributed by atoms with Crippen LogP contribution in [0.25, 0.3) is 0 Å². The Balaban J connectivity index is 4.25. The van der Waals surface area contributed by atoms with Gasteiger partial charge in [-0.15, -0.1) is 0 Å². The van der Waals surface area contributed by atoms with Crippen LogP contribution in [0.4, 0.5) is 0 Å². The van der Waals surface area contributed by atoms with Gasteiger partial charge in [0.25, 0.3) is 0 Å². The molecule has 0 aliphatic rings. The number of carbonyl (C=O) groups excluding carboxylic acids is 2. The van der Waals surface area contributed by atoms with Gasteiger partial charge in [0.05, 0.1) is 13.2 Å². The summed E-state index contributed by atoms with van der Waals surface area (Å²) in [6, 6.07) is 0. The maximum Gasteiger partial charge on any atom is 0.472 e. The number of carbonyl (C=O) groups is 2. The zero-order valence-electron chi connectivity index (χ0n) is 34.6. The number of esters is 2. The SMILES string of the molecule is CCC=CCC=CCC=CCC=CCC=CCCCCCC(=O)O[C@H](COC(=O)CCCCCCCCCC=CCCCCCC)COP(=O)(O)OCCN.